The van der Waals surface area contributed by atoms with Crippen molar-refractivity contribution in [1.82, 2.24) is 9.62 Å². The number of aliphatic carboxylic acids is 1. The molecule has 0 saturated heterocycles. The zero-order valence-corrected chi connectivity index (χ0v) is 12.4. The number of carboxylic acids is 1. The van der Waals surface area contributed by atoms with Gasteiger partial charge in [0.1, 0.15) is 0 Å². The van der Waals surface area contributed by atoms with Crippen LogP contribution in [-0.2, 0) is 19.6 Å². The van der Waals surface area contributed by atoms with Crippen LogP contribution in [0.5, 0.6) is 0 Å². The van der Waals surface area contributed by atoms with Crippen molar-refractivity contribution in [2.45, 2.75) is 39.7 Å². The number of sulfonamides is 1. The van der Waals surface area contributed by atoms with Gasteiger partial charge >= 0.3 is 5.97 Å². The second kappa shape index (κ2) is 8.11. The van der Waals surface area contributed by atoms with Gasteiger partial charge in [-0.25, -0.2) is 13.1 Å². The largest absolute Gasteiger partial charge is 0.481 e. The van der Waals surface area contributed by atoms with Gasteiger partial charge in [0.15, 0.2) is 0 Å². The highest BCUT2D eigenvalue weighted by Gasteiger charge is 2.23. The quantitative estimate of drug-likeness (QED) is 0.624. The maximum absolute atomic E-state index is 12.0. The molecule has 19 heavy (non-hydrogen) atoms. The van der Waals surface area contributed by atoms with E-state index in [2.05, 4.69) is 4.72 Å². The standard InChI is InChI=1S/C11H22N2O5S/c1-4-8-19(17,18)12-9(3)11(16)13(5-2)7-6-10(14)15/h9,12H,4-8H2,1-3H3,(H,14,15). The number of carboxylic acid groups (broad SMARTS) is 1. The van der Waals surface area contributed by atoms with E-state index in [0.29, 0.717) is 13.0 Å². The summed E-state index contributed by atoms with van der Waals surface area (Å²) in [5, 5.41) is 8.59. The Morgan fingerprint density at radius 2 is 1.89 bits per heavy atom. The molecule has 0 aromatic carbocycles. The lowest BCUT2D eigenvalue weighted by atomic mass is 10.3. The number of amides is 1. The van der Waals surface area contributed by atoms with Crippen LogP contribution in [0.2, 0.25) is 0 Å². The Morgan fingerprint density at radius 3 is 2.32 bits per heavy atom. The molecule has 0 heterocycles. The minimum atomic E-state index is -3.46. The Kier molecular flexibility index (Phi) is 7.62. The van der Waals surface area contributed by atoms with Crippen molar-refractivity contribution in [3.8, 4) is 0 Å². The van der Waals surface area contributed by atoms with E-state index in [1.54, 1.807) is 13.8 Å². The second-order valence-electron chi connectivity index (χ2n) is 4.22. The highest BCUT2D eigenvalue weighted by atomic mass is 32.2. The van der Waals surface area contributed by atoms with Crippen molar-refractivity contribution in [3.63, 3.8) is 0 Å². The molecule has 0 aliphatic rings. The molecule has 0 bridgehead atoms. The third-order valence-corrected chi connectivity index (χ3v) is 4.15. The number of nitrogens with one attached hydrogen (secondary N) is 1. The highest BCUT2D eigenvalue weighted by Crippen LogP contribution is 2.00. The van der Waals surface area contributed by atoms with Gasteiger partial charge in [-0.1, -0.05) is 6.92 Å². The fraction of sp³-hybridized carbons (Fsp3) is 0.818. The molecule has 8 heteroatoms. The first kappa shape index (κ1) is 17.8. The molecular formula is C11H22N2O5S. The van der Waals surface area contributed by atoms with E-state index in [0.717, 1.165) is 0 Å². The summed E-state index contributed by atoms with van der Waals surface area (Å²) in [5.41, 5.74) is 0. The average Bonchev–Trinajstić information content (AvgIpc) is 2.28. The normalized spacial score (nSPS) is 13.0. The third kappa shape index (κ3) is 7.12. The molecule has 0 aliphatic heterocycles. The fourth-order valence-electron chi connectivity index (χ4n) is 1.58. The number of hydrogen-bond acceptors (Lipinski definition) is 4. The molecule has 1 amide bonds. The number of hydrogen-bond donors (Lipinski definition) is 2. The predicted molar refractivity (Wildman–Crippen MR) is 71.2 cm³/mol. The topological polar surface area (TPSA) is 104 Å². The minimum absolute atomic E-state index is 0.0358. The van der Waals surface area contributed by atoms with Gasteiger partial charge < -0.3 is 10.0 Å². The molecule has 0 saturated carbocycles. The summed E-state index contributed by atoms with van der Waals surface area (Å²) in [5.74, 6) is -1.44. The van der Waals surface area contributed by atoms with Crippen LogP contribution in [0, 0.1) is 0 Å². The van der Waals surface area contributed by atoms with Crippen molar-refractivity contribution < 1.29 is 23.1 Å². The van der Waals surface area contributed by atoms with Gasteiger partial charge in [0.05, 0.1) is 18.2 Å². The molecule has 7 nitrogen and oxygen atoms in total. The fourth-order valence-corrected chi connectivity index (χ4v) is 2.87. The lowest BCUT2D eigenvalue weighted by Gasteiger charge is -2.24. The van der Waals surface area contributed by atoms with Crippen LogP contribution >= 0.6 is 0 Å². The van der Waals surface area contributed by atoms with Crippen LogP contribution in [0.25, 0.3) is 0 Å². The summed E-state index contributed by atoms with van der Waals surface area (Å²) in [6.07, 6.45) is 0.306. The smallest absolute Gasteiger partial charge is 0.305 e. The van der Waals surface area contributed by atoms with Gasteiger partial charge in [-0.05, 0) is 20.3 Å². The molecule has 0 spiro atoms. The van der Waals surface area contributed by atoms with E-state index >= 15 is 0 Å². The van der Waals surface area contributed by atoms with E-state index < -0.39 is 27.9 Å². The molecule has 0 aromatic heterocycles. The van der Waals surface area contributed by atoms with Crippen LogP contribution in [0.4, 0.5) is 0 Å². The Bertz CT molecular complexity index is 407. The lowest BCUT2D eigenvalue weighted by molar-refractivity contribution is -0.138. The van der Waals surface area contributed by atoms with Gasteiger partial charge in [-0.2, -0.15) is 0 Å². The Balaban J connectivity index is 4.56. The summed E-state index contributed by atoms with van der Waals surface area (Å²) in [4.78, 5) is 23.8. The van der Waals surface area contributed by atoms with Crippen LogP contribution in [0.1, 0.15) is 33.6 Å². The van der Waals surface area contributed by atoms with Crippen molar-refractivity contribution in [3.05, 3.63) is 0 Å². The first-order valence-corrected chi connectivity index (χ1v) is 7.89. The predicted octanol–water partition coefficient (Wildman–Crippen LogP) is 0.0275. The maximum atomic E-state index is 12.0. The van der Waals surface area contributed by atoms with Gasteiger partial charge in [0, 0.05) is 13.1 Å². The van der Waals surface area contributed by atoms with E-state index in [-0.39, 0.29) is 18.7 Å². The Labute approximate surface area is 114 Å². The number of carbonyl (C=O) groups excluding carboxylic acids is 1. The van der Waals surface area contributed by atoms with Crippen LogP contribution in [0.15, 0.2) is 0 Å². The molecule has 0 fully saturated rings. The monoisotopic (exact) mass is 294 g/mol. The van der Waals surface area contributed by atoms with E-state index in [9.17, 15) is 18.0 Å². The van der Waals surface area contributed by atoms with Crippen molar-refractivity contribution in [2.75, 3.05) is 18.8 Å². The highest BCUT2D eigenvalue weighted by molar-refractivity contribution is 7.89. The van der Waals surface area contributed by atoms with Gasteiger partial charge in [-0.3, -0.25) is 9.59 Å². The molecule has 0 radical (unpaired) electrons. The number of likely N-dealkylation sites (N-methyl/N-ethyl adjacent to an activating group) is 1. The maximum Gasteiger partial charge on any atom is 0.305 e. The van der Waals surface area contributed by atoms with Crippen LogP contribution < -0.4 is 4.72 Å². The number of rotatable bonds is 9. The molecule has 0 aliphatic carbocycles. The molecule has 2 N–H and O–H groups in total. The first-order chi connectivity index (χ1) is 8.73. The van der Waals surface area contributed by atoms with Gasteiger partial charge in [-0.15, -0.1) is 0 Å². The number of carbonyl (C=O) groups is 2. The molecule has 0 aromatic rings. The first-order valence-electron chi connectivity index (χ1n) is 6.24. The summed E-state index contributed by atoms with van der Waals surface area (Å²) in [6, 6.07) is -0.884. The van der Waals surface area contributed by atoms with Crippen LogP contribution in [0.3, 0.4) is 0 Å². The van der Waals surface area contributed by atoms with Crippen molar-refractivity contribution >= 4 is 21.9 Å². The molecule has 1 atom stereocenters. The van der Waals surface area contributed by atoms with Crippen LogP contribution in [-0.4, -0.2) is 55.2 Å². The summed E-state index contributed by atoms with van der Waals surface area (Å²) in [6.45, 7) is 5.32. The average molecular weight is 294 g/mol. The molecule has 112 valence electrons. The SMILES string of the molecule is CCCS(=O)(=O)NC(C)C(=O)N(CC)CCC(=O)O. The number of nitrogens with zero attached hydrogens (tertiary/aromatic N) is 1. The second-order valence-corrected chi connectivity index (χ2v) is 6.09. The zero-order valence-electron chi connectivity index (χ0n) is 11.5. The Morgan fingerprint density at radius 1 is 1.32 bits per heavy atom. The summed E-state index contributed by atoms with van der Waals surface area (Å²) >= 11 is 0. The van der Waals surface area contributed by atoms with E-state index in [4.69, 9.17) is 5.11 Å². The molecular weight excluding hydrogens is 272 g/mol. The van der Waals surface area contributed by atoms with E-state index in [1.807, 2.05) is 0 Å². The molecule has 0 rings (SSSR count). The van der Waals surface area contributed by atoms with Gasteiger partial charge in [0.2, 0.25) is 15.9 Å². The zero-order chi connectivity index (χ0) is 15.1. The van der Waals surface area contributed by atoms with E-state index in [1.165, 1.54) is 11.8 Å². The third-order valence-electron chi connectivity index (χ3n) is 2.49. The van der Waals surface area contributed by atoms with Crippen molar-refractivity contribution in [2.24, 2.45) is 0 Å². The van der Waals surface area contributed by atoms with Crippen molar-refractivity contribution in [1.29, 1.82) is 0 Å². The summed E-state index contributed by atoms with van der Waals surface area (Å²) in [7, 11) is -3.46. The minimum Gasteiger partial charge on any atom is -0.481 e. The Hall–Kier alpha value is -1.15. The van der Waals surface area contributed by atoms with Gasteiger partial charge in [0.25, 0.3) is 0 Å². The molecule has 1 unspecified atom stereocenters. The summed E-state index contributed by atoms with van der Waals surface area (Å²) < 4.78 is 25.4. The lowest BCUT2D eigenvalue weighted by Crippen LogP contribution is -2.47.